The maximum Gasteiger partial charge on any atom is 0.123 e. The van der Waals surface area contributed by atoms with Crippen LogP contribution in [0.25, 0.3) is 0 Å². The van der Waals surface area contributed by atoms with Gasteiger partial charge in [0.05, 0.1) is 10.0 Å². The fourth-order valence-corrected chi connectivity index (χ4v) is 3.16. The maximum absolute atomic E-state index is 13.4. The fourth-order valence-electron chi connectivity index (χ4n) is 1.82. The van der Waals surface area contributed by atoms with Crippen molar-refractivity contribution in [3.63, 3.8) is 0 Å². The first kappa shape index (κ1) is 15.6. The predicted molar refractivity (Wildman–Crippen MR) is 84.3 cm³/mol. The monoisotopic (exact) mass is 329 g/mol. The molecule has 0 saturated carbocycles. The van der Waals surface area contributed by atoms with Crippen molar-refractivity contribution >= 4 is 35.0 Å². The summed E-state index contributed by atoms with van der Waals surface area (Å²) in [6.45, 7) is 1.90. The van der Waals surface area contributed by atoms with Gasteiger partial charge in [0, 0.05) is 15.8 Å². The Morgan fingerprint density at radius 1 is 1.15 bits per heavy atom. The Balaban J connectivity index is 2.30. The van der Waals surface area contributed by atoms with E-state index in [4.69, 9.17) is 28.9 Å². The van der Waals surface area contributed by atoms with Crippen LogP contribution in [0.5, 0.6) is 0 Å². The van der Waals surface area contributed by atoms with E-state index in [2.05, 4.69) is 0 Å². The second kappa shape index (κ2) is 6.81. The summed E-state index contributed by atoms with van der Waals surface area (Å²) < 4.78 is 13.4. The molecule has 0 aromatic heterocycles. The third-order valence-electron chi connectivity index (χ3n) is 2.68. The first-order chi connectivity index (χ1) is 9.45. The van der Waals surface area contributed by atoms with Crippen LogP contribution in [0, 0.1) is 5.82 Å². The van der Waals surface area contributed by atoms with Crippen LogP contribution in [0.4, 0.5) is 4.39 Å². The summed E-state index contributed by atoms with van der Waals surface area (Å²) in [5.41, 5.74) is 6.71. The predicted octanol–water partition coefficient (Wildman–Crippen LogP) is 5.17. The molecule has 5 heteroatoms. The third kappa shape index (κ3) is 4.13. The van der Waals surface area contributed by atoms with Gasteiger partial charge in [-0.1, -0.05) is 35.0 Å². The minimum atomic E-state index is -0.251. The van der Waals surface area contributed by atoms with Crippen LogP contribution in [0.2, 0.25) is 10.0 Å². The second-order valence-corrected chi connectivity index (χ2v) is 6.54. The van der Waals surface area contributed by atoms with Gasteiger partial charge in [-0.3, -0.25) is 0 Å². The highest BCUT2D eigenvalue weighted by Crippen LogP contribution is 2.34. The largest absolute Gasteiger partial charge is 0.328 e. The topological polar surface area (TPSA) is 26.0 Å². The number of halogens is 3. The van der Waals surface area contributed by atoms with Crippen molar-refractivity contribution in [3.8, 4) is 0 Å². The van der Waals surface area contributed by atoms with Crippen LogP contribution in [0.15, 0.2) is 46.2 Å². The van der Waals surface area contributed by atoms with Crippen LogP contribution in [0.3, 0.4) is 0 Å². The highest BCUT2D eigenvalue weighted by molar-refractivity contribution is 7.99. The van der Waals surface area contributed by atoms with Crippen LogP contribution in [-0.4, -0.2) is 6.04 Å². The van der Waals surface area contributed by atoms with Crippen molar-refractivity contribution < 1.29 is 4.39 Å². The lowest BCUT2D eigenvalue weighted by Crippen LogP contribution is -2.18. The lowest BCUT2D eigenvalue weighted by Gasteiger charge is -2.12. The Kier molecular flexibility index (Phi) is 5.33. The molecule has 106 valence electrons. The fraction of sp³-hybridized carbons (Fsp3) is 0.200. The lowest BCUT2D eigenvalue weighted by molar-refractivity contribution is 0.620. The minimum Gasteiger partial charge on any atom is -0.328 e. The molecule has 0 aliphatic heterocycles. The average molecular weight is 330 g/mol. The van der Waals surface area contributed by atoms with Gasteiger partial charge in [0.25, 0.3) is 0 Å². The van der Waals surface area contributed by atoms with E-state index in [1.54, 1.807) is 18.2 Å². The van der Waals surface area contributed by atoms with Gasteiger partial charge in [0.15, 0.2) is 0 Å². The third-order valence-corrected chi connectivity index (χ3v) is 4.53. The average Bonchev–Trinajstić information content (AvgIpc) is 2.36. The highest BCUT2D eigenvalue weighted by atomic mass is 35.5. The quantitative estimate of drug-likeness (QED) is 0.836. The first-order valence-electron chi connectivity index (χ1n) is 6.12. The molecule has 0 spiro atoms. The molecule has 0 aliphatic carbocycles. The van der Waals surface area contributed by atoms with Crippen molar-refractivity contribution in [1.29, 1.82) is 0 Å². The molecule has 1 unspecified atom stereocenters. The zero-order valence-corrected chi connectivity index (χ0v) is 13.2. The van der Waals surface area contributed by atoms with Gasteiger partial charge in [0.2, 0.25) is 0 Å². The van der Waals surface area contributed by atoms with Crippen LogP contribution >= 0.6 is 35.0 Å². The van der Waals surface area contributed by atoms with E-state index < -0.39 is 0 Å². The number of rotatable bonds is 4. The Hall–Kier alpha value is -0.740. The Morgan fingerprint density at radius 2 is 1.90 bits per heavy atom. The number of hydrogen-bond donors (Lipinski definition) is 1. The van der Waals surface area contributed by atoms with Gasteiger partial charge < -0.3 is 5.73 Å². The van der Waals surface area contributed by atoms with Crippen molar-refractivity contribution in [2.24, 2.45) is 5.73 Å². The van der Waals surface area contributed by atoms with E-state index in [1.165, 1.54) is 23.9 Å². The van der Waals surface area contributed by atoms with Gasteiger partial charge in [-0.15, -0.1) is 0 Å². The van der Waals surface area contributed by atoms with E-state index in [0.29, 0.717) is 16.5 Å². The van der Waals surface area contributed by atoms with E-state index in [9.17, 15) is 4.39 Å². The highest BCUT2D eigenvalue weighted by Gasteiger charge is 2.09. The normalized spacial score (nSPS) is 12.4. The molecular formula is C15H14Cl2FNS. The zero-order valence-electron chi connectivity index (χ0n) is 10.9. The molecule has 2 N–H and O–H groups in total. The van der Waals surface area contributed by atoms with Crippen LogP contribution in [0.1, 0.15) is 12.5 Å². The molecule has 1 nitrogen and oxygen atoms in total. The molecule has 0 fully saturated rings. The Morgan fingerprint density at radius 3 is 2.55 bits per heavy atom. The number of nitrogens with two attached hydrogens (primary N) is 1. The molecule has 0 amide bonds. The van der Waals surface area contributed by atoms with Crippen LogP contribution < -0.4 is 5.73 Å². The van der Waals surface area contributed by atoms with E-state index in [1.807, 2.05) is 13.0 Å². The summed E-state index contributed by atoms with van der Waals surface area (Å²) >= 11 is 13.4. The molecule has 2 rings (SSSR count). The number of benzene rings is 2. The summed E-state index contributed by atoms with van der Waals surface area (Å²) in [4.78, 5) is 1.93. The summed E-state index contributed by atoms with van der Waals surface area (Å²) in [7, 11) is 0. The zero-order chi connectivity index (χ0) is 14.7. The SMILES string of the molecule is CC(N)Cc1cc(F)ccc1Sc1ccc(Cl)c(Cl)c1. The first-order valence-corrected chi connectivity index (χ1v) is 7.70. The maximum atomic E-state index is 13.4. The summed E-state index contributed by atoms with van der Waals surface area (Å²) in [6, 6.07) is 10.2. The van der Waals surface area contributed by atoms with E-state index in [-0.39, 0.29) is 11.9 Å². The molecule has 2 aromatic rings. The second-order valence-electron chi connectivity index (χ2n) is 4.61. The summed E-state index contributed by atoms with van der Waals surface area (Å²) in [5.74, 6) is -0.251. The number of hydrogen-bond acceptors (Lipinski definition) is 2. The molecule has 20 heavy (non-hydrogen) atoms. The van der Waals surface area contributed by atoms with E-state index in [0.717, 1.165) is 15.4 Å². The van der Waals surface area contributed by atoms with Crippen LogP contribution in [-0.2, 0) is 6.42 Å². The van der Waals surface area contributed by atoms with Crippen molar-refractivity contribution in [3.05, 3.63) is 57.8 Å². The Bertz CT molecular complexity index is 617. The smallest absolute Gasteiger partial charge is 0.123 e. The summed E-state index contributed by atoms with van der Waals surface area (Å²) in [5, 5.41) is 1.03. The molecule has 0 heterocycles. The van der Waals surface area contributed by atoms with Crippen molar-refractivity contribution in [2.75, 3.05) is 0 Å². The molecule has 0 aliphatic rings. The molecule has 1 atom stereocenters. The van der Waals surface area contributed by atoms with Gasteiger partial charge in [-0.2, -0.15) is 0 Å². The van der Waals surface area contributed by atoms with Gasteiger partial charge >= 0.3 is 0 Å². The minimum absolute atomic E-state index is 0.0232. The molecule has 0 saturated heterocycles. The lowest BCUT2D eigenvalue weighted by atomic mass is 10.1. The van der Waals surface area contributed by atoms with Gasteiger partial charge in [0.1, 0.15) is 5.82 Å². The van der Waals surface area contributed by atoms with Gasteiger partial charge in [-0.25, -0.2) is 4.39 Å². The van der Waals surface area contributed by atoms with E-state index >= 15 is 0 Å². The van der Waals surface area contributed by atoms with Gasteiger partial charge in [-0.05, 0) is 55.3 Å². The standard InChI is InChI=1S/C15H14Cl2FNS/c1-9(19)6-10-7-11(18)2-5-15(10)20-12-3-4-13(16)14(17)8-12/h2-5,7-9H,6,19H2,1H3. The molecule has 2 aromatic carbocycles. The van der Waals surface area contributed by atoms with Crippen molar-refractivity contribution in [1.82, 2.24) is 0 Å². The molecule has 0 radical (unpaired) electrons. The van der Waals surface area contributed by atoms with Crippen molar-refractivity contribution in [2.45, 2.75) is 29.2 Å². The molecular weight excluding hydrogens is 316 g/mol. The summed E-state index contributed by atoms with van der Waals surface area (Å²) in [6.07, 6.45) is 0.626. The molecule has 0 bridgehead atoms. The Labute approximate surface area is 132 Å².